The molecule has 0 aliphatic rings. The maximum Gasteiger partial charge on any atom is 0.261 e. The molecule has 0 bridgehead atoms. The van der Waals surface area contributed by atoms with Crippen molar-refractivity contribution in [2.75, 3.05) is 52.1 Å². The predicted octanol–water partition coefficient (Wildman–Crippen LogP) is 5.02. The zero-order valence-corrected chi connectivity index (χ0v) is 20.3. The van der Waals surface area contributed by atoms with Gasteiger partial charge in [-0.25, -0.2) is 4.98 Å². The van der Waals surface area contributed by atoms with Gasteiger partial charge in [0, 0.05) is 11.4 Å². The van der Waals surface area contributed by atoms with Gasteiger partial charge in [0.05, 0.1) is 19.8 Å². The number of rotatable bonds is 10. The molecule has 3 rings (SSSR count). The summed E-state index contributed by atoms with van der Waals surface area (Å²) in [6.07, 6.45) is 0.839. The molecule has 166 valence electrons. The third-order valence-electron chi connectivity index (χ3n) is 4.78. The Hall–Kier alpha value is -2.29. The Labute approximate surface area is 192 Å². The number of hydrogen-bond acceptors (Lipinski definition) is 7. The van der Waals surface area contributed by atoms with Gasteiger partial charge in [-0.3, -0.25) is 9.69 Å². The number of anilines is 1. The molecular weight excluding hydrogens is 430 g/mol. The van der Waals surface area contributed by atoms with E-state index in [9.17, 15) is 4.79 Å². The Kier molecular flexibility index (Phi) is 8.17. The number of methoxy groups -OCH3 is 2. The van der Waals surface area contributed by atoms with Crippen LogP contribution in [0.2, 0.25) is 0 Å². The van der Waals surface area contributed by atoms with Crippen molar-refractivity contribution in [1.29, 1.82) is 0 Å². The van der Waals surface area contributed by atoms with Crippen LogP contribution < -0.4 is 14.4 Å². The van der Waals surface area contributed by atoms with E-state index < -0.39 is 0 Å². The fourth-order valence-corrected chi connectivity index (χ4v) is 5.18. The van der Waals surface area contributed by atoms with Gasteiger partial charge in [0.15, 0.2) is 5.13 Å². The quantitative estimate of drug-likeness (QED) is 0.397. The monoisotopic (exact) mass is 459 g/mol. The van der Waals surface area contributed by atoms with Crippen LogP contribution >= 0.6 is 23.1 Å². The minimum Gasteiger partial charge on any atom is -0.495 e. The Balaban J connectivity index is 2.06. The number of thiazole rings is 1. The van der Waals surface area contributed by atoms with E-state index in [4.69, 9.17) is 14.5 Å². The van der Waals surface area contributed by atoms with Crippen LogP contribution in [0.3, 0.4) is 0 Å². The number of hydrogen-bond donors (Lipinski definition) is 0. The summed E-state index contributed by atoms with van der Waals surface area (Å²) in [5.41, 5.74) is 1.42. The summed E-state index contributed by atoms with van der Waals surface area (Å²) in [5.74, 6) is 2.26. The fraction of sp³-hybridized carbons (Fsp3) is 0.391. The largest absolute Gasteiger partial charge is 0.495 e. The van der Waals surface area contributed by atoms with Crippen molar-refractivity contribution in [2.24, 2.45) is 0 Å². The molecule has 0 fully saturated rings. The summed E-state index contributed by atoms with van der Waals surface area (Å²) >= 11 is 3.13. The molecule has 31 heavy (non-hydrogen) atoms. The van der Waals surface area contributed by atoms with Crippen LogP contribution in [0.5, 0.6) is 11.5 Å². The van der Waals surface area contributed by atoms with Crippen LogP contribution in [0.1, 0.15) is 23.7 Å². The van der Waals surface area contributed by atoms with E-state index >= 15 is 0 Å². The average molecular weight is 460 g/mol. The van der Waals surface area contributed by atoms with Crippen LogP contribution in [0.15, 0.2) is 41.3 Å². The van der Waals surface area contributed by atoms with Gasteiger partial charge in [-0.2, -0.15) is 0 Å². The Bertz CT molecular complexity index is 995. The lowest BCUT2D eigenvalue weighted by Gasteiger charge is -2.22. The first kappa shape index (κ1) is 23.4. The summed E-state index contributed by atoms with van der Waals surface area (Å²) in [7, 11) is 7.33. The molecule has 2 aromatic carbocycles. The van der Waals surface area contributed by atoms with Gasteiger partial charge in [0.25, 0.3) is 5.91 Å². The normalized spacial score (nSPS) is 11.2. The van der Waals surface area contributed by atoms with Crippen molar-refractivity contribution in [2.45, 2.75) is 18.2 Å². The topological polar surface area (TPSA) is 54.9 Å². The number of carbonyl (C=O) groups is 1. The molecule has 0 radical (unpaired) electrons. The number of nitrogens with zero attached hydrogens (tertiary/aromatic N) is 3. The molecule has 0 spiro atoms. The number of thioether (sulfide) groups is 1. The lowest BCUT2D eigenvalue weighted by atomic mass is 10.2. The first-order valence-corrected chi connectivity index (χ1v) is 12.0. The van der Waals surface area contributed by atoms with Crippen LogP contribution in [0, 0.1) is 0 Å². The van der Waals surface area contributed by atoms with Crippen molar-refractivity contribution >= 4 is 44.4 Å². The number of amides is 1. The molecule has 0 saturated heterocycles. The van der Waals surface area contributed by atoms with Gasteiger partial charge in [-0.05, 0) is 57.1 Å². The van der Waals surface area contributed by atoms with E-state index in [2.05, 4.69) is 11.8 Å². The lowest BCUT2D eigenvalue weighted by Crippen LogP contribution is -2.33. The first-order chi connectivity index (χ1) is 15.0. The minimum atomic E-state index is -0.0349. The second kappa shape index (κ2) is 10.8. The number of carbonyl (C=O) groups excluding carboxylic acids is 1. The average Bonchev–Trinajstić information content (AvgIpc) is 3.21. The third kappa shape index (κ3) is 5.31. The highest BCUT2D eigenvalue weighted by atomic mass is 32.2. The molecule has 1 heterocycles. The second-order valence-corrected chi connectivity index (χ2v) is 9.47. The van der Waals surface area contributed by atoms with E-state index in [1.54, 1.807) is 30.9 Å². The summed E-state index contributed by atoms with van der Waals surface area (Å²) < 4.78 is 11.9. The van der Waals surface area contributed by atoms with Gasteiger partial charge >= 0.3 is 0 Å². The van der Waals surface area contributed by atoms with Crippen molar-refractivity contribution < 1.29 is 14.3 Å². The molecule has 1 amide bonds. The standard InChI is InChI=1S/C23H29N3O3S2/c1-6-30-19-11-8-7-10-16(19)22(27)26(15-9-14-25(2)3)23-24-20-17(28-4)12-13-18(29-5)21(20)31-23/h7-8,10-13H,6,9,14-15H2,1-5H3. The van der Waals surface area contributed by atoms with Gasteiger partial charge < -0.3 is 14.4 Å². The van der Waals surface area contributed by atoms with Gasteiger partial charge in [0.2, 0.25) is 0 Å². The summed E-state index contributed by atoms with van der Waals surface area (Å²) in [4.78, 5) is 23.4. The zero-order valence-electron chi connectivity index (χ0n) is 18.7. The van der Waals surface area contributed by atoms with E-state index in [1.807, 2.05) is 50.5 Å². The zero-order chi connectivity index (χ0) is 22.4. The lowest BCUT2D eigenvalue weighted by molar-refractivity contribution is 0.0983. The molecule has 0 saturated carbocycles. The summed E-state index contributed by atoms with van der Waals surface area (Å²) in [6, 6.07) is 11.5. The highest BCUT2D eigenvalue weighted by Crippen LogP contribution is 2.40. The van der Waals surface area contributed by atoms with Crippen molar-refractivity contribution in [1.82, 2.24) is 9.88 Å². The van der Waals surface area contributed by atoms with Gasteiger partial charge in [-0.15, -0.1) is 11.8 Å². The second-order valence-electron chi connectivity index (χ2n) is 7.19. The fourth-order valence-electron chi connectivity index (χ4n) is 3.29. The van der Waals surface area contributed by atoms with Crippen molar-refractivity contribution in [3.05, 3.63) is 42.0 Å². The maximum atomic E-state index is 13.7. The minimum absolute atomic E-state index is 0.0349. The molecule has 0 unspecified atom stereocenters. The molecule has 3 aromatic rings. The summed E-state index contributed by atoms with van der Waals surface area (Å²) in [6.45, 7) is 3.55. The van der Waals surface area contributed by atoms with Crippen LogP contribution in [0.4, 0.5) is 5.13 Å². The van der Waals surface area contributed by atoms with Crippen molar-refractivity contribution in [3.8, 4) is 11.5 Å². The highest BCUT2D eigenvalue weighted by Gasteiger charge is 2.25. The van der Waals surface area contributed by atoms with E-state index in [0.29, 0.717) is 28.5 Å². The number of benzene rings is 2. The van der Waals surface area contributed by atoms with E-state index in [-0.39, 0.29) is 5.91 Å². The maximum absolute atomic E-state index is 13.7. The Morgan fingerprint density at radius 1 is 1.06 bits per heavy atom. The molecule has 0 N–H and O–H groups in total. The Morgan fingerprint density at radius 3 is 2.45 bits per heavy atom. The third-order valence-corrected chi connectivity index (χ3v) is 6.83. The molecular formula is C23H29N3O3S2. The number of ether oxygens (including phenoxy) is 2. The Morgan fingerprint density at radius 2 is 1.77 bits per heavy atom. The van der Waals surface area contributed by atoms with Crippen LogP contribution in [0.25, 0.3) is 10.2 Å². The van der Waals surface area contributed by atoms with Gasteiger partial charge in [-0.1, -0.05) is 30.4 Å². The van der Waals surface area contributed by atoms with E-state index in [0.717, 1.165) is 34.1 Å². The SMILES string of the molecule is CCSc1ccccc1C(=O)N(CCCN(C)C)c1nc2c(OC)ccc(OC)c2s1. The molecule has 0 aliphatic carbocycles. The van der Waals surface area contributed by atoms with Crippen molar-refractivity contribution in [3.63, 3.8) is 0 Å². The highest BCUT2D eigenvalue weighted by molar-refractivity contribution is 7.99. The van der Waals surface area contributed by atoms with Crippen LogP contribution in [-0.2, 0) is 0 Å². The summed E-state index contributed by atoms with van der Waals surface area (Å²) in [5, 5.41) is 0.651. The molecule has 0 atom stereocenters. The first-order valence-electron chi connectivity index (χ1n) is 10.2. The molecule has 6 nitrogen and oxygen atoms in total. The van der Waals surface area contributed by atoms with E-state index in [1.165, 1.54) is 11.3 Å². The molecule has 8 heteroatoms. The molecule has 0 aliphatic heterocycles. The molecule has 1 aromatic heterocycles. The number of fused-ring (bicyclic) bond motifs is 1. The van der Waals surface area contributed by atoms with Gasteiger partial charge in [0.1, 0.15) is 21.7 Å². The number of aromatic nitrogens is 1. The predicted molar refractivity (Wildman–Crippen MR) is 130 cm³/mol. The van der Waals surface area contributed by atoms with Crippen LogP contribution in [-0.4, -0.2) is 62.9 Å². The smallest absolute Gasteiger partial charge is 0.261 e.